The fourth-order valence-electron chi connectivity index (χ4n) is 1.94. The second-order valence-electron chi connectivity index (χ2n) is 4.11. The molecule has 7 heteroatoms. The van der Waals surface area contributed by atoms with Crippen LogP contribution in [-0.4, -0.2) is 31.8 Å². The Morgan fingerprint density at radius 2 is 1.72 bits per heavy atom. The molecule has 1 aromatic rings. The summed E-state index contributed by atoms with van der Waals surface area (Å²) in [6.45, 7) is 0.883. The summed E-state index contributed by atoms with van der Waals surface area (Å²) in [5, 5.41) is 10.1. The highest BCUT2D eigenvalue weighted by Gasteiger charge is 2.29. The zero-order valence-electron chi connectivity index (χ0n) is 9.61. The molecule has 0 spiro atoms. The lowest BCUT2D eigenvalue weighted by Gasteiger charge is -2.22. The van der Waals surface area contributed by atoms with Crippen molar-refractivity contribution in [1.82, 2.24) is 0 Å². The second-order valence-corrected chi connectivity index (χ2v) is 6.34. The van der Waals surface area contributed by atoms with E-state index in [1.54, 1.807) is 0 Å². The van der Waals surface area contributed by atoms with Gasteiger partial charge in [-0.3, -0.25) is 10.1 Å². The molecule has 0 N–H and O–H groups in total. The van der Waals surface area contributed by atoms with Gasteiger partial charge in [0, 0.05) is 25.3 Å². The third-order valence-electron chi connectivity index (χ3n) is 2.98. The number of sulfone groups is 1. The number of rotatable bonds is 3. The van der Waals surface area contributed by atoms with Crippen molar-refractivity contribution in [3.05, 3.63) is 34.4 Å². The van der Waals surface area contributed by atoms with E-state index in [9.17, 15) is 18.5 Å². The number of nitro groups is 1. The van der Waals surface area contributed by atoms with Crippen LogP contribution in [0.15, 0.2) is 29.2 Å². The zero-order valence-corrected chi connectivity index (χ0v) is 10.4. The van der Waals surface area contributed by atoms with Crippen molar-refractivity contribution in [1.29, 1.82) is 0 Å². The van der Waals surface area contributed by atoms with Gasteiger partial charge in [-0.15, -0.1) is 0 Å². The summed E-state index contributed by atoms with van der Waals surface area (Å²) >= 11 is 0. The first-order valence-corrected chi connectivity index (χ1v) is 7.12. The van der Waals surface area contributed by atoms with Gasteiger partial charge in [-0.2, -0.15) is 0 Å². The van der Waals surface area contributed by atoms with Crippen LogP contribution in [0.3, 0.4) is 0 Å². The molecule has 0 unspecified atom stereocenters. The van der Waals surface area contributed by atoms with Crippen LogP contribution >= 0.6 is 0 Å². The quantitative estimate of drug-likeness (QED) is 0.615. The van der Waals surface area contributed by atoms with E-state index in [0.717, 1.165) is 0 Å². The number of nitro benzene ring substituents is 1. The minimum absolute atomic E-state index is 0.110. The summed E-state index contributed by atoms with van der Waals surface area (Å²) in [4.78, 5) is 10.1. The predicted octanol–water partition coefficient (Wildman–Crippen LogP) is 1.55. The van der Waals surface area contributed by atoms with E-state index in [-0.39, 0.29) is 10.6 Å². The van der Waals surface area contributed by atoms with Gasteiger partial charge >= 0.3 is 0 Å². The molecular formula is C11H13NO5S. The second kappa shape index (κ2) is 5.03. The van der Waals surface area contributed by atoms with Crippen LogP contribution in [0.4, 0.5) is 5.69 Å². The number of ether oxygens (including phenoxy) is 1. The lowest BCUT2D eigenvalue weighted by molar-refractivity contribution is -0.384. The molecule has 0 aromatic heterocycles. The Balaban J connectivity index is 2.26. The van der Waals surface area contributed by atoms with Gasteiger partial charge in [0.25, 0.3) is 5.69 Å². The third kappa shape index (κ3) is 2.51. The molecule has 1 aromatic carbocycles. The van der Waals surface area contributed by atoms with E-state index in [1.807, 2.05) is 0 Å². The number of non-ortho nitro benzene ring substituents is 1. The van der Waals surface area contributed by atoms with Crippen LogP contribution in [0.25, 0.3) is 0 Å². The summed E-state index contributed by atoms with van der Waals surface area (Å²) < 4.78 is 29.6. The third-order valence-corrected chi connectivity index (χ3v) is 5.26. The van der Waals surface area contributed by atoms with Crippen LogP contribution in [0, 0.1) is 10.1 Å². The molecule has 1 fully saturated rings. The van der Waals surface area contributed by atoms with Gasteiger partial charge in [-0.1, -0.05) is 0 Å². The van der Waals surface area contributed by atoms with Crippen molar-refractivity contribution in [2.75, 3.05) is 13.2 Å². The monoisotopic (exact) mass is 271 g/mol. The van der Waals surface area contributed by atoms with Crippen LogP contribution in [-0.2, 0) is 14.6 Å². The predicted molar refractivity (Wildman–Crippen MR) is 64.1 cm³/mol. The SMILES string of the molecule is O=[N+]([O-])c1ccc(S(=O)(=O)C2CCOCC2)cc1. The molecular weight excluding hydrogens is 258 g/mol. The minimum atomic E-state index is -3.41. The van der Waals surface area contributed by atoms with E-state index in [1.165, 1.54) is 24.3 Å². The summed E-state index contributed by atoms with van der Waals surface area (Å²) in [7, 11) is -3.41. The molecule has 6 nitrogen and oxygen atoms in total. The van der Waals surface area contributed by atoms with Gasteiger partial charge in [0.15, 0.2) is 9.84 Å². The van der Waals surface area contributed by atoms with Gasteiger partial charge in [0.2, 0.25) is 0 Å². The van der Waals surface area contributed by atoms with Crippen LogP contribution in [0.5, 0.6) is 0 Å². The van der Waals surface area contributed by atoms with E-state index >= 15 is 0 Å². The highest BCUT2D eigenvalue weighted by Crippen LogP contribution is 2.25. The number of benzene rings is 1. The highest BCUT2D eigenvalue weighted by atomic mass is 32.2. The topological polar surface area (TPSA) is 86.5 Å². The molecule has 1 heterocycles. The first-order valence-electron chi connectivity index (χ1n) is 5.58. The molecule has 0 saturated carbocycles. The van der Waals surface area contributed by atoms with Gasteiger partial charge in [-0.25, -0.2) is 8.42 Å². The number of nitrogens with zero attached hydrogens (tertiary/aromatic N) is 1. The Kier molecular flexibility index (Phi) is 3.63. The average molecular weight is 271 g/mol. The highest BCUT2D eigenvalue weighted by molar-refractivity contribution is 7.92. The fraction of sp³-hybridized carbons (Fsp3) is 0.455. The zero-order chi connectivity index (χ0) is 13.2. The van der Waals surface area contributed by atoms with Crippen LogP contribution in [0.1, 0.15) is 12.8 Å². The van der Waals surface area contributed by atoms with Crippen molar-refractivity contribution in [2.45, 2.75) is 23.0 Å². The maximum Gasteiger partial charge on any atom is 0.269 e. The van der Waals surface area contributed by atoms with Crippen molar-refractivity contribution in [2.24, 2.45) is 0 Å². The smallest absolute Gasteiger partial charge is 0.269 e. The van der Waals surface area contributed by atoms with E-state index in [0.29, 0.717) is 26.1 Å². The summed E-state index contributed by atoms with van der Waals surface area (Å²) in [6, 6.07) is 5.02. The maximum atomic E-state index is 12.2. The average Bonchev–Trinajstić information content (AvgIpc) is 2.40. The Morgan fingerprint density at radius 1 is 1.17 bits per heavy atom. The molecule has 0 amide bonds. The Hall–Kier alpha value is -1.47. The molecule has 18 heavy (non-hydrogen) atoms. The first kappa shape index (κ1) is 13.0. The molecule has 1 aliphatic heterocycles. The number of hydrogen-bond acceptors (Lipinski definition) is 5. The normalized spacial score (nSPS) is 17.6. The van der Waals surface area contributed by atoms with E-state index in [4.69, 9.17) is 4.74 Å². The van der Waals surface area contributed by atoms with Gasteiger partial charge in [0.05, 0.1) is 15.1 Å². The summed E-state index contributed by atoms with van der Waals surface area (Å²) in [5.41, 5.74) is -0.110. The van der Waals surface area contributed by atoms with Crippen molar-refractivity contribution < 1.29 is 18.1 Å². The van der Waals surface area contributed by atoms with Crippen molar-refractivity contribution in [3.63, 3.8) is 0 Å². The molecule has 0 aliphatic carbocycles. The van der Waals surface area contributed by atoms with Crippen LogP contribution < -0.4 is 0 Å². The molecule has 98 valence electrons. The lowest BCUT2D eigenvalue weighted by atomic mass is 10.2. The van der Waals surface area contributed by atoms with E-state index in [2.05, 4.69) is 0 Å². The summed E-state index contributed by atoms with van der Waals surface area (Å²) in [5.74, 6) is 0. The molecule has 0 bridgehead atoms. The molecule has 1 aliphatic rings. The minimum Gasteiger partial charge on any atom is -0.381 e. The number of hydrogen-bond donors (Lipinski definition) is 0. The Labute approximate surface area is 105 Å². The van der Waals surface area contributed by atoms with Crippen LogP contribution in [0.2, 0.25) is 0 Å². The summed E-state index contributed by atoms with van der Waals surface area (Å²) in [6.07, 6.45) is 0.943. The molecule has 0 radical (unpaired) electrons. The van der Waals surface area contributed by atoms with Crippen molar-refractivity contribution in [3.8, 4) is 0 Å². The standard InChI is InChI=1S/C11H13NO5S/c13-12(14)9-1-3-10(4-2-9)18(15,16)11-5-7-17-8-6-11/h1-4,11H,5-8H2. The first-order chi connectivity index (χ1) is 8.51. The molecule has 1 saturated heterocycles. The molecule has 0 atom stereocenters. The van der Waals surface area contributed by atoms with E-state index < -0.39 is 20.0 Å². The maximum absolute atomic E-state index is 12.2. The van der Waals surface area contributed by atoms with Gasteiger partial charge < -0.3 is 4.74 Å². The van der Waals surface area contributed by atoms with Crippen molar-refractivity contribution >= 4 is 15.5 Å². The largest absolute Gasteiger partial charge is 0.381 e. The van der Waals surface area contributed by atoms with Gasteiger partial charge in [0.1, 0.15) is 0 Å². The Bertz CT molecular complexity index is 531. The lowest BCUT2D eigenvalue weighted by Crippen LogP contribution is -2.28. The Morgan fingerprint density at radius 3 is 2.22 bits per heavy atom. The fourth-order valence-corrected chi connectivity index (χ4v) is 3.65. The molecule has 2 rings (SSSR count). The van der Waals surface area contributed by atoms with Gasteiger partial charge in [-0.05, 0) is 25.0 Å².